The van der Waals surface area contributed by atoms with E-state index in [1.807, 2.05) is 48.0 Å². The lowest BCUT2D eigenvalue weighted by Gasteiger charge is -2.11. The van der Waals surface area contributed by atoms with Crippen molar-refractivity contribution in [3.63, 3.8) is 0 Å². The number of esters is 1. The van der Waals surface area contributed by atoms with Crippen LogP contribution in [0.25, 0.3) is 22.9 Å². The molecule has 144 valence electrons. The van der Waals surface area contributed by atoms with Crippen LogP contribution in [0.15, 0.2) is 72.8 Å². The molecule has 0 saturated heterocycles. The largest absolute Gasteiger partial charge is 0.422 e. The van der Waals surface area contributed by atoms with Crippen LogP contribution in [0.5, 0.6) is 0 Å². The van der Waals surface area contributed by atoms with Gasteiger partial charge in [0.25, 0.3) is 0 Å². The average Bonchev–Trinajstić information content (AvgIpc) is 3.04. The summed E-state index contributed by atoms with van der Waals surface area (Å²) in [5.41, 5.74) is 2.67. The molecule has 0 bridgehead atoms. The third-order valence-electron chi connectivity index (χ3n) is 4.52. The van der Waals surface area contributed by atoms with Crippen molar-refractivity contribution in [3.8, 4) is 0 Å². The Kier molecular flexibility index (Phi) is 5.38. The number of ether oxygens (including phenoxy) is 1. The number of fused-ring (bicyclic) bond motifs is 1. The first-order valence-corrected chi connectivity index (χ1v) is 9.65. The number of halogens is 2. The van der Waals surface area contributed by atoms with Crippen molar-refractivity contribution in [3.05, 3.63) is 99.8 Å². The van der Waals surface area contributed by atoms with Gasteiger partial charge in [0.1, 0.15) is 11.6 Å². The van der Waals surface area contributed by atoms with Gasteiger partial charge in [0, 0.05) is 18.7 Å². The molecule has 0 aliphatic rings. The fourth-order valence-corrected chi connectivity index (χ4v) is 3.46. The molecule has 0 aliphatic heterocycles. The van der Waals surface area contributed by atoms with Crippen LogP contribution in [-0.2, 0) is 11.8 Å². The fourth-order valence-electron chi connectivity index (χ4n) is 3.02. The summed E-state index contributed by atoms with van der Waals surface area (Å²) in [6.07, 6.45) is 1.70. The van der Waals surface area contributed by atoms with E-state index in [2.05, 4.69) is 4.98 Å². The highest BCUT2D eigenvalue weighted by Gasteiger charge is 2.18. The monoisotopic (exact) mass is 422 g/mol. The third-order valence-corrected chi connectivity index (χ3v) is 5.18. The van der Waals surface area contributed by atoms with E-state index in [1.54, 1.807) is 42.5 Å². The second-order valence-corrected chi connectivity index (χ2v) is 7.19. The highest BCUT2D eigenvalue weighted by Crippen LogP contribution is 2.29. The summed E-state index contributed by atoms with van der Waals surface area (Å²) in [6.45, 7) is 0. The summed E-state index contributed by atoms with van der Waals surface area (Å²) in [7, 11) is 1.90. The van der Waals surface area contributed by atoms with Crippen LogP contribution in [0, 0.1) is 0 Å². The van der Waals surface area contributed by atoms with Gasteiger partial charge in [-0.25, -0.2) is 9.78 Å². The molecule has 0 spiro atoms. The standard InChI is InChI=1S/C23H16Cl2N2O2/c1-27-20-13-7-6-12-19(20)26-22(27)14-21(15-8-2-4-10-17(15)24)29-23(28)16-9-3-5-11-18(16)25/h2-14H,1H3/b21-14+. The predicted octanol–water partition coefficient (Wildman–Crippen LogP) is 6.24. The Morgan fingerprint density at radius 2 is 1.48 bits per heavy atom. The summed E-state index contributed by atoms with van der Waals surface area (Å²) >= 11 is 12.5. The minimum atomic E-state index is -0.569. The Morgan fingerprint density at radius 1 is 0.897 bits per heavy atom. The van der Waals surface area contributed by atoms with Crippen molar-refractivity contribution >= 4 is 52.0 Å². The first-order chi connectivity index (χ1) is 14.0. The van der Waals surface area contributed by atoms with Gasteiger partial charge in [0.15, 0.2) is 0 Å². The SMILES string of the molecule is Cn1c(/C=C(/OC(=O)c2ccccc2Cl)c2ccccc2Cl)nc2ccccc21. The molecule has 29 heavy (non-hydrogen) atoms. The number of carbonyl (C=O) groups excluding carboxylic acids is 1. The van der Waals surface area contributed by atoms with Crippen molar-refractivity contribution in [2.24, 2.45) is 7.05 Å². The number of imidazole rings is 1. The second kappa shape index (κ2) is 8.11. The summed E-state index contributed by atoms with van der Waals surface area (Å²) in [6, 6.07) is 21.7. The molecule has 0 N–H and O–H groups in total. The number of aryl methyl sites for hydroxylation is 1. The van der Waals surface area contributed by atoms with E-state index >= 15 is 0 Å². The Bertz CT molecular complexity index is 1240. The van der Waals surface area contributed by atoms with E-state index < -0.39 is 5.97 Å². The van der Waals surface area contributed by atoms with Crippen LogP contribution in [0.1, 0.15) is 21.7 Å². The fraction of sp³-hybridized carbons (Fsp3) is 0.0435. The lowest BCUT2D eigenvalue weighted by Crippen LogP contribution is -2.06. The lowest BCUT2D eigenvalue weighted by atomic mass is 10.1. The number of nitrogens with zero attached hydrogens (tertiary/aromatic N) is 2. The summed E-state index contributed by atoms with van der Waals surface area (Å²) in [5.74, 6) is 0.354. The quantitative estimate of drug-likeness (QED) is 0.289. The number of hydrogen-bond acceptors (Lipinski definition) is 3. The summed E-state index contributed by atoms with van der Waals surface area (Å²) in [4.78, 5) is 17.4. The Labute approximate surface area is 178 Å². The Morgan fingerprint density at radius 3 is 2.14 bits per heavy atom. The molecule has 1 aromatic heterocycles. The molecule has 0 unspecified atom stereocenters. The Balaban J connectivity index is 1.81. The van der Waals surface area contributed by atoms with E-state index in [4.69, 9.17) is 27.9 Å². The molecule has 4 aromatic rings. The zero-order chi connectivity index (χ0) is 20.4. The number of benzene rings is 3. The number of carbonyl (C=O) groups is 1. The predicted molar refractivity (Wildman–Crippen MR) is 117 cm³/mol. The number of para-hydroxylation sites is 2. The van der Waals surface area contributed by atoms with Gasteiger partial charge in [0.05, 0.1) is 26.6 Å². The van der Waals surface area contributed by atoms with Crippen molar-refractivity contribution in [1.82, 2.24) is 9.55 Å². The zero-order valence-corrected chi connectivity index (χ0v) is 17.0. The van der Waals surface area contributed by atoms with Gasteiger partial charge >= 0.3 is 5.97 Å². The molecule has 0 saturated carbocycles. The van der Waals surface area contributed by atoms with Gasteiger partial charge < -0.3 is 9.30 Å². The van der Waals surface area contributed by atoms with E-state index in [0.717, 1.165) is 11.0 Å². The van der Waals surface area contributed by atoms with Crippen molar-refractivity contribution in [2.75, 3.05) is 0 Å². The van der Waals surface area contributed by atoms with Crippen LogP contribution in [0.3, 0.4) is 0 Å². The van der Waals surface area contributed by atoms with Crippen molar-refractivity contribution < 1.29 is 9.53 Å². The van der Waals surface area contributed by atoms with Gasteiger partial charge in [-0.15, -0.1) is 0 Å². The van der Waals surface area contributed by atoms with Crippen molar-refractivity contribution in [2.45, 2.75) is 0 Å². The van der Waals surface area contributed by atoms with Gasteiger partial charge in [-0.05, 0) is 36.4 Å². The van der Waals surface area contributed by atoms with Crippen LogP contribution in [0.2, 0.25) is 10.0 Å². The number of rotatable bonds is 4. The topological polar surface area (TPSA) is 44.1 Å². The van der Waals surface area contributed by atoms with E-state index in [1.165, 1.54) is 0 Å². The van der Waals surface area contributed by atoms with E-state index in [9.17, 15) is 4.79 Å². The maximum Gasteiger partial charge on any atom is 0.345 e. The molecule has 1 heterocycles. The Hall–Kier alpha value is -3.08. The van der Waals surface area contributed by atoms with E-state index in [-0.39, 0.29) is 5.56 Å². The zero-order valence-electron chi connectivity index (χ0n) is 15.5. The second-order valence-electron chi connectivity index (χ2n) is 6.38. The van der Waals surface area contributed by atoms with Crippen LogP contribution in [-0.4, -0.2) is 15.5 Å². The lowest BCUT2D eigenvalue weighted by molar-refractivity contribution is 0.0694. The molecule has 0 fully saturated rings. The molecular weight excluding hydrogens is 407 g/mol. The third kappa shape index (κ3) is 3.90. The van der Waals surface area contributed by atoms with Gasteiger partial charge in [0.2, 0.25) is 0 Å². The maximum atomic E-state index is 12.8. The highest BCUT2D eigenvalue weighted by molar-refractivity contribution is 6.34. The summed E-state index contributed by atoms with van der Waals surface area (Å²) in [5, 5.41) is 0.781. The van der Waals surface area contributed by atoms with Crippen LogP contribution < -0.4 is 0 Å². The number of hydrogen-bond donors (Lipinski definition) is 0. The molecule has 6 heteroatoms. The van der Waals surface area contributed by atoms with E-state index in [0.29, 0.717) is 27.2 Å². The van der Waals surface area contributed by atoms with Gasteiger partial charge in [-0.2, -0.15) is 0 Å². The molecule has 0 radical (unpaired) electrons. The minimum Gasteiger partial charge on any atom is -0.422 e. The van der Waals surface area contributed by atoms with Crippen LogP contribution >= 0.6 is 23.2 Å². The van der Waals surface area contributed by atoms with Crippen LogP contribution in [0.4, 0.5) is 0 Å². The molecule has 3 aromatic carbocycles. The first kappa shape index (κ1) is 19.2. The molecular formula is C23H16Cl2N2O2. The number of aromatic nitrogens is 2. The molecule has 0 aliphatic carbocycles. The molecule has 0 amide bonds. The highest BCUT2D eigenvalue weighted by atomic mass is 35.5. The van der Waals surface area contributed by atoms with Gasteiger partial charge in [-0.1, -0.05) is 59.6 Å². The molecule has 0 atom stereocenters. The maximum absolute atomic E-state index is 12.8. The molecule has 4 rings (SSSR count). The van der Waals surface area contributed by atoms with Crippen molar-refractivity contribution in [1.29, 1.82) is 0 Å². The minimum absolute atomic E-state index is 0.275. The smallest absolute Gasteiger partial charge is 0.345 e. The normalized spacial score (nSPS) is 11.6. The van der Waals surface area contributed by atoms with Gasteiger partial charge in [-0.3, -0.25) is 0 Å². The summed E-state index contributed by atoms with van der Waals surface area (Å²) < 4.78 is 7.67. The average molecular weight is 423 g/mol. The molecule has 4 nitrogen and oxygen atoms in total. The first-order valence-electron chi connectivity index (χ1n) is 8.89.